The summed E-state index contributed by atoms with van der Waals surface area (Å²) in [6, 6.07) is 0. The Bertz CT molecular complexity index is 184. The minimum atomic E-state index is -4.16. The van der Waals surface area contributed by atoms with Crippen molar-refractivity contribution in [3.05, 3.63) is 0 Å². The molecule has 0 amide bonds. The molecule has 2 atom stereocenters. The summed E-state index contributed by atoms with van der Waals surface area (Å²) in [7, 11) is 0. The normalized spacial score (nSPS) is 18.0. The van der Waals surface area contributed by atoms with Crippen molar-refractivity contribution >= 4 is 34.8 Å². The molecule has 0 rings (SSSR count). The average Bonchev–Trinajstić information content (AvgIpc) is 2.02. The molecule has 86 valence electrons. The summed E-state index contributed by atoms with van der Waals surface area (Å²) in [5, 5.41) is 0. The maximum Gasteiger partial charge on any atom is 0.284 e. The Kier molecular flexibility index (Phi) is 5.22. The van der Waals surface area contributed by atoms with Crippen molar-refractivity contribution in [1.29, 1.82) is 0 Å². The maximum atomic E-state index is 12.9. The van der Waals surface area contributed by atoms with Crippen LogP contribution in [0.1, 0.15) is 6.42 Å². The molecule has 0 nitrogen and oxygen atoms in total. The van der Waals surface area contributed by atoms with Gasteiger partial charge in [0.15, 0.2) is 4.33 Å². The molecule has 0 saturated heterocycles. The topological polar surface area (TPSA) is 0 Å². The fraction of sp³-hybridized carbons (Fsp3) is 1.00. The summed E-state index contributed by atoms with van der Waals surface area (Å²) in [6.45, 7) is -1.48. The van der Waals surface area contributed by atoms with Gasteiger partial charge in [0, 0.05) is 6.42 Å². The molecule has 0 radical (unpaired) electrons. The third-order valence-corrected chi connectivity index (χ3v) is 2.76. The number of halogens is 8. The first kappa shape index (κ1) is 14.5. The molecule has 0 saturated carbocycles. The Morgan fingerprint density at radius 1 is 1.14 bits per heavy atom. The summed E-state index contributed by atoms with van der Waals surface area (Å²) in [4.78, 5) is 0. The maximum absolute atomic E-state index is 12.9. The highest BCUT2D eigenvalue weighted by molar-refractivity contribution is 6.52. The highest BCUT2D eigenvalue weighted by atomic mass is 35.5. The highest BCUT2D eigenvalue weighted by Gasteiger charge is 2.56. The fourth-order valence-electron chi connectivity index (χ4n) is 0.645. The first-order valence-electron chi connectivity index (χ1n) is 3.40. The van der Waals surface area contributed by atoms with Crippen LogP contribution >= 0.6 is 34.8 Å². The first-order valence-corrected chi connectivity index (χ1v) is 4.59. The molecule has 0 heterocycles. The molecular weight excluding hydrogens is 273 g/mol. The number of rotatable bonds is 5. The Balaban J connectivity index is 4.66. The summed E-state index contributed by atoms with van der Waals surface area (Å²) >= 11 is 14.5. The van der Waals surface area contributed by atoms with Gasteiger partial charge in [0.05, 0.1) is 6.67 Å². The molecule has 0 aromatic heterocycles. The van der Waals surface area contributed by atoms with E-state index in [-0.39, 0.29) is 0 Å². The van der Waals surface area contributed by atoms with Crippen LogP contribution in [0.15, 0.2) is 0 Å². The van der Waals surface area contributed by atoms with Gasteiger partial charge < -0.3 is 0 Å². The SMILES string of the molecule is FCCC(F)(F)C(F)C(Cl)(Cl)C(F)Cl. The summed E-state index contributed by atoms with van der Waals surface area (Å²) in [5.74, 6) is -4.16. The monoisotopic (exact) mass is 278 g/mol. The van der Waals surface area contributed by atoms with Gasteiger partial charge in [-0.2, -0.15) is 0 Å². The molecule has 14 heavy (non-hydrogen) atoms. The van der Waals surface area contributed by atoms with E-state index in [2.05, 4.69) is 11.6 Å². The molecular formula is C6H6Cl3F5. The molecule has 8 heteroatoms. The molecule has 0 spiro atoms. The molecule has 0 aromatic carbocycles. The first-order chi connectivity index (χ1) is 6.16. The van der Waals surface area contributed by atoms with Gasteiger partial charge >= 0.3 is 0 Å². The van der Waals surface area contributed by atoms with Crippen molar-refractivity contribution < 1.29 is 22.0 Å². The van der Waals surface area contributed by atoms with Crippen LogP contribution in [0, 0.1) is 0 Å². The lowest BCUT2D eigenvalue weighted by molar-refractivity contribution is -0.0904. The smallest absolute Gasteiger partial charge is 0.251 e. The second kappa shape index (κ2) is 5.03. The van der Waals surface area contributed by atoms with E-state index in [0.717, 1.165) is 0 Å². The minimum absolute atomic E-state index is 1.43. The Labute approximate surface area is 92.3 Å². The van der Waals surface area contributed by atoms with E-state index < -0.39 is 35.2 Å². The van der Waals surface area contributed by atoms with E-state index in [1.54, 1.807) is 0 Å². The molecule has 0 aliphatic carbocycles. The van der Waals surface area contributed by atoms with E-state index in [0.29, 0.717) is 0 Å². The average molecular weight is 279 g/mol. The molecule has 0 aliphatic heterocycles. The van der Waals surface area contributed by atoms with Crippen molar-refractivity contribution in [3.63, 3.8) is 0 Å². The van der Waals surface area contributed by atoms with Gasteiger partial charge in [-0.25, -0.2) is 17.6 Å². The van der Waals surface area contributed by atoms with Crippen LogP contribution < -0.4 is 0 Å². The minimum Gasteiger partial charge on any atom is -0.251 e. The van der Waals surface area contributed by atoms with Crippen molar-refractivity contribution in [2.45, 2.75) is 28.5 Å². The highest BCUT2D eigenvalue weighted by Crippen LogP contribution is 2.43. The van der Waals surface area contributed by atoms with Gasteiger partial charge in [0.25, 0.3) is 5.92 Å². The van der Waals surface area contributed by atoms with Crippen LogP contribution in [0.4, 0.5) is 22.0 Å². The molecule has 0 bridgehead atoms. The van der Waals surface area contributed by atoms with Crippen LogP contribution in [-0.4, -0.2) is 28.7 Å². The van der Waals surface area contributed by atoms with E-state index in [4.69, 9.17) is 23.2 Å². The lowest BCUT2D eigenvalue weighted by Crippen LogP contribution is -2.47. The Morgan fingerprint density at radius 3 is 1.86 bits per heavy atom. The van der Waals surface area contributed by atoms with Crippen LogP contribution in [0.2, 0.25) is 0 Å². The van der Waals surface area contributed by atoms with E-state index in [9.17, 15) is 22.0 Å². The van der Waals surface area contributed by atoms with Crippen molar-refractivity contribution in [2.75, 3.05) is 6.67 Å². The second-order valence-corrected chi connectivity index (χ2v) is 4.37. The zero-order chi connectivity index (χ0) is 11.6. The molecule has 0 aliphatic rings. The number of alkyl halides is 8. The molecule has 2 unspecified atom stereocenters. The van der Waals surface area contributed by atoms with Gasteiger partial charge in [-0.15, -0.1) is 0 Å². The van der Waals surface area contributed by atoms with Gasteiger partial charge in [0.1, 0.15) is 0 Å². The standard InChI is InChI=1S/C6H6Cl3F5/c7-4(12)6(8,9)3(11)5(13,14)1-2-10/h3-4H,1-2H2. The molecule has 0 aromatic rings. The predicted molar refractivity (Wildman–Crippen MR) is 45.6 cm³/mol. The van der Waals surface area contributed by atoms with Gasteiger partial charge in [0.2, 0.25) is 11.8 Å². The number of hydrogen-bond donors (Lipinski definition) is 0. The Hall–Kier alpha value is 0.520. The lowest BCUT2D eigenvalue weighted by Gasteiger charge is -2.29. The molecule has 0 fully saturated rings. The predicted octanol–water partition coefficient (Wildman–Crippen LogP) is 4.03. The zero-order valence-electron chi connectivity index (χ0n) is 6.59. The molecule has 0 N–H and O–H groups in total. The quantitative estimate of drug-likeness (QED) is 0.526. The van der Waals surface area contributed by atoms with Gasteiger partial charge in [-0.1, -0.05) is 34.8 Å². The van der Waals surface area contributed by atoms with Crippen LogP contribution in [-0.2, 0) is 0 Å². The number of hydrogen-bond acceptors (Lipinski definition) is 0. The van der Waals surface area contributed by atoms with Crippen molar-refractivity contribution in [1.82, 2.24) is 0 Å². The van der Waals surface area contributed by atoms with Gasteiger partial charge in [-0.05, 0) is 0 Å². The zero-order valence-corrected chi connectivity index (χ0v) is 8.86. The fourth-order valence-corrected chi connectivity index (χ4v) is 1.07. The third kappa shape index (κ3) is 3.28. The summed E-state index contributed by atoms with van der Waals surface area (Å²) in [5.41, 5.74) is -2.72. The second-order valence-electron chi connectivity index (χ2n) is 2.54. The summed E-state index contributed by atoms with van der Waals surface area (Å²) < 4.78 is 59.0. The van der Waals surface area contributed by atoms with E-state index >= 15 is 0 Å². The van der Waals surface area contributed by atoms with Gasteiger partial charge in [-0.3, -0.25) is 4.39 Å². The van der Waals surface area contributed by atoms with E-state index in [1.165, 1.54) is 0 Å². The van der Waals surface area contributed by atoms with Crippen LogP contribution in [0.25, 0.3) is 0 Å². The Morgan fingerprint density at radius 2 is 1.57 bits per heavy atom. The largest absolute Gasteiger partial charge is 0.284 e. The summed E-state index contributed by atoms with van der Waals surface area (Å²) in [6.07, 6.45) is -4.71. The van der Waals surface area contributed by atoms with Crippen LogP contribution in [0.3, 0.4) is 0 Å². The van der Waals surface area contributed by atoms with E-state index in [1.807, 2.05) is 0 Å². The van der Waals surface area contributed by atoms with Crippen molar-refractivity contribution in [2.24, 2.45) is 0 Å². The van der Waals surface area contributed by atoms with Crippen LogP contribution in [0.5, 0.6) is 0 Å². The third-order valence-electron chi connectivity index (χ3n) is 1.43. The van der Waals surface area contributed by atoms with Crippen molar-refractivity contribution in [3.8, 4) is 0 Å². The lowest BCUT2D eigenvalue weighted by atomic mass is 10.1.